The average molecular weight is 263 g/mol. The smallest absolute Gasteiger partial charge is 0.235 e. The van der Waals surface area contributed by atoms with Crippen LogP contribution in [0.15, 0.2) is 12.1 Å². The van der Waals surface area contributed by atoms with Gasteiger partial charge in [0.15, 0.2) is 0 Å². The van der Waals surface area contributed by atoms with E-state index in [1.807, 2.05) is 26.0 Å². The molecule has 0 spiro atoms. The number of aryl methyl sites for hydroxylation is 2. The zero-order chi connectivity index (χ0) is 14.2. The molecule has 1 fully saturated rings. The molecule has 0 unspecified atom stereocenters. The Morgan fingerprint density at radius 2 is 1.95 bits per heavy atom. The highest BCUT2D eigenvalue weighted by Crippen LogP contribution is 2.47. The predicted octanol–water partition coefficient (Wildman–Crippen LogP) is 2.05. The second kappa shape index (κ2) is 4.85. The maximum atomic E-state index is 12.4. The highest BCUT2D eigenvalue weighted by molar-refractivity contribution is 6.00. The van der Waals surface area contributed by atoms with Gasteiger partial charge in [0.2, 0.25) is 5.91 Å². The largest absolute Gasteiger partial charge is 0.495 e. The molecule has 2 rings (SSSR count). The van der Waals surface area contributed by atoms with Crippen LogP contribution in [0.1, 0.15) is 24.0 Å². The van der Waals surface area contributed by atoms with Crippen molar-refractivity contribution in [3.63, 3.8) is 0 Å². The summed E-state index contributed by atoms with van der Waals surface area (Å²) in [5.74, 6) is 0.657. The number of amides is 1. The number of carbonyl (C=O) groups excluding carboxylic acids is 1. The zero-order valence-corrected chi connectivity index (χ0v) is 12.0. The van der Waals surface area contributed by atoms with Gasteiger partial charge in [-0.1, -0.05) is 0 Å². The molecule has 4 heteroatoms. The van der Waals surface area contributed by atoms with E-state index in [9.17, 15) is 9.90 Å². The average Bonchev–Trinajstić information content (AvgIpc) is 3.20. The second-order valence-electron chi connectivity index (χ2n) is 5.41. The third kappa shape index (κ3) is 2.32. The normalized spacial score (nSPS) is 16.1. The molecule has 104 valence electrons. The maximum absolute atomic E-state index is 12.4. The Hall–Kier alpha value is -1.55. The van der Waals surface area contributed by atoms with E-state index in [0.717, 1.165) is 29.7 Å². The molecule has 1 aliphatic carbocycles. The highest BCUT2D eigenvalue weighted by atomic mass is 16.5. The standard InChI is InChI=1S/C15H21NO3/c1-10-7-12(13(19-4)8-11(10)2)16(3)14(18)15(9-17)5-6-15/h7-8,17H,5-6,9H2,1-4H3. The molecular formula is C15H21NO3. The van der Waals surface area contributed by atoms with Gasteiger partial charge in [0.1, 0.15) is 5.75 Å². The van der Waals surface area contributed by atoms with Crippen molar-refractivity contribution in [2.45, 2.75) is 26.7 Å². The Bertz CT molecular complexity index is 506. The Morgan fingerprint density at radius 3 is 2.42 bits per heavy atom. The van der Waals surface area contributed by atoms with E-state index in [1.165, 1.54) is 0 Å². The van der Waals surface area contributed by atoms with E-state index >= 15 is 0 Å². The van der Waals surface area contributed by atoms with Gasteiger partial charge in [0.05, 0.1) is 24.8 Å². The molecule has 19 heavy (non-hydrogen) atoms. The van der Waals surface area contributed by atoms with Gasteiger partial charge in [0, 0.05) is 7.05 Å². The van der Waals surface area contributed by atoms with Crippen LogP contribution in [0.2, 0.25) is 0 Å². The predicted molar refractivity (Wildman–Crippen MR) is 74.6 cm³/mol. The van der Waals surface area contributed by atoms with Crippen LogP contribution in [0, 0.1) is 19.3 Å². The summed E-state index contributed by atoms with van der Waals surface area (Å²) in [5, 5.41) is 9.37. The minimum absolute atomic E-state index is 0.0310. The summed E-state index contributed by atoms with van der Waals surface area (Å²) in [7, 11) is 3.34. The number of benzene rings is 1. The van der Waals surface area contributed by atoms with Crippen LogP contribution in [0.4, 0.5) is 5.69 Å². The maximum Gasteiger partial charge on any atom is 0.235 e. The number of aliphatic hydroxyl groups is 1. The van der Waals surface area contributed by atoms with Gasteiger partial charge in [0.25, 0.3) is 0 Å². The fourth-order valence-electron chi connectivity index (χ4n) is 2.26. The monoisotopic (exact) mass is 263 g/mol. The first kappa shape index (κ1) is 13.9. The van der Waals surface area contributed by atoms with Crippen molar-refractivity contribution in [2.75, 3.05) is 25.7 Å². The van der Waals surface area contributed by atoms with Crippen LogP contribution in [-0.2, 0) is 4.79 Å². The van der Waals surface area contributed by atoms with Crippen molar-refractivity contribution in [3.05, 3.63) is 23.3 Å². The van der Waals surface area contributed by atoms with Gasteiger partial charge >= 0.3 is 0 Å². The molecule has 0 heterocycles. The van der Waals surface area contributed by atoms with Gasteiger partial charge in [-0.3, -0.25) is 4.79 Å². The molecule has 1 aromatic rings. The first-order valence-electron chi connectivity index (χ1n) is 6.49. The van der Waals surface area contributed by atoms with Crippen LogP contribution >= 0.6 is 0 Å². The van der Waals surface area contributed by atoms with Crippen molar-refractivity contribution in [1.29, 1.82) is 0 Å². The molecule has 0 radical (unpaired) electrons. The van der Waals surface area contributed by atoms with Crippen LogP contribution in [0.5, 0.6) is 5.75 Å². The fourth-order valence-corrected chi connectivity index (χ4v) is 2.26. The summed E-state index contributed by atoms with van der Waals surface area (Å²) < 4.78 is 5.36. The van der Waals surface area contributed by atoms with Crippen LogP contribution in [0.25, 0.3) is 0 Å². The quantitative estimate of drug-likeness (QED) is 0.904. The molecule has 0 saturated heterocycles. The molecule has 1 aliphatic rings. The summed E-state index contributed by atoms with van der Waals surface area (Å²) in [6.45, 7) is 3.94. The number of hydrogen-bond acceptors (Lipinski definition) is 3. The van der Waals surface area contributed by atoms with Crippen molar-refractivity contribution < 1.29 is 14.6 Å². The van der Waals surface area contributed by atoms with Crippen LogP contribution in [0.3, 0.4) is 0 Å². The van der Waals surface area contributed by atoms with E-state index in [-0.39, 0.29) is 12.5 Å². The molecular weight excluding hydrogens is 242 g/mol. The second-order valence-corrected chi connectivity index (χ2v) is 5.41. The number of aliphatic hydroxyl groups excluding tert-OH is 1. The molecule has 1 aromatic carbocycles. The van der Waals surface area contributed by atoms with Crippen molar-refractivity contribution in [2.24, 2.45) is 5.41 Å². The Kier molecular flexibility index (Phi) is 3.54. The van der Waals surface area contributed by atoms with Crippen molar-refractivity contribution >= 4 is 11.6 Å². The van der Waals surface area contributed by atoms with Gasteiger partial charge in [-0.25, -0.2) is 0 Å². The number of anilines is 1. The van der Waals surface area contributed by atoms with E-state index < -0.39 is 5.41 Å². The number of nitrogens with zero attached hydrogens (tertiary/aromatic N) is 1. The number of hydrogen-bond donors (Lipinski definition) is 1. The first-order valence-corrected chi connectivity index (χ1v) is 6.49. The summed E-state index contributed by atoms with van der Waals surface area (Å²) in [6.07, 6.45) is 1.53. The molecule has 0 aliphatic heterocycles. The number of rotatable bonds is 4. The zero-order valence-electron chi connectivity index (χ0n) is 12.0. The summed E-state index contributed by atoms with van der Waals surface area (Å²) in [6, 6.07) is 3.90. The third-order valence-corrected chi connectivity index (χ3v) is 4.07. The van der Waals surface area contributed by atoms with Crippen LogP contribution in [-0.4, -0.2) is 31.8 Å². The molecule has 0 atom stereocenters. The molecule has 1 saturated carbocycles. The number of ether oxygens (including phenoxy) is 1. The molecule has 0 aromatic heterocycles. The Balaban J connectivity index is 2.36. The first-order chi connectivity index (χ1) is 8.95. The summed E-state index contributed by atoms with van der Waals surface area (Å²) in [5.41, 5.74) is 2.45. The van der Waals surface area contributed by atoms with Gasteiger partial charge < -0.3 is 14.7 Å². The van der Waals surface area contributed by atoms with Crippen molar-refractivity contribution in [3.8, 4) is 5.75 Å². The van der Waals surface area contributed by atoms with Gasteiger partial charge in [-0.05, 0) is 49.9 Å². The summed E-state index contributed by atoms with van der Waals surface area (Å²) in [4.78, 5) is 14.0. The third-order valence-electron chi connectivity index (χ3n) is 4.07. The molecule has 1 amide bonds. The molecule has 0 bridgehead atoms. The topological polar surface area (TPSA) is 49.8 Å². The Labute approximate surface area is 114 Å². The van der Waals surface area contributed by atoms with E-state index in [0.29, 0.717) is 5.75 Å². The lowest BCUT2D eigenvalue weighted by Crippen LogP contribution is -2.36. The van der Waals surface area contributed by atoms with E-state index in [4.69, 9.17) is 4.74 Å². The lowest BCUT2D eigenvalue weighted by molar-refractivity contribution is -0.124. The van der Waals surface area contributed by atoms with Gasteiger partial charge in [-0.2, -0.15) is 0 Å². The highest BCUT2D eigenvalue weighted by Gasteiger charge is 2.51. The summed E-state index contributed by atoms with van der Waals surface area (Å²) >= 11 is 0. The number of methoxy groups -OCH3 is 1. The minimum atomic E-state index is -0.557. The van der Waals surface area contributed by atoms with Crippen molar-refractivity contribution in [1.82, 2.24) is 0 Å². The number of carbonyl (C=O) groups is 1. The fraction of sp³-hybridized carbons (Fsp3) is 0.533. The van der Waals surface area contributed by atoms with E-state index in [1.54, 1.807) is 19.1 Å². The molecule has 4 nitrogen and oxygen atoms in total. The van der Waals surface area contributed by atoms with Crippen LogP contribution < -0.4 is 9.64 Å². The Morgan fingerprint density at radius 1 is 1.37 bits per heavy atom. The lowest BCUT2D eigenvalue weighted by Gasteiger charge is -2.25. The lowest BCUT2D eigenvalue weighted by atomic mass is 10.0. The molecule has 1 N–H and O–H groups in total. The van der Waals surface area contributed by atoms with E-state index in [2.05, 4.69) is 0 Å². The minimum Gasteiger partial charge on any atom is -0.495 e. The van der Waals surface area contributed by atoms with Gasteiger partial charge in [-0.15, -0.1) is 0 Å². The SMILES string of the molecule is COc1cc(C)c(C)cc1N(C)C(=O)C1(CO)CC1.